The number of allylic oxidation sites excluding steroid dienone is 2. The zero-order valence-electron chi connectivity index (χ0n) is 29.3. The summed E-state index contributed by atoms with van der Waals surface area (Å²) in [6.07, 6.45) is -2.38. The molecular weight excluding hydrogens is 650 g/mol. The summed E-state index contributed by atoms with van der Waals surface area (Å²) in [5.74, 6) is -4.43. The predicted octanol–water partition coefficient (Wildman–Crippen LogP) is 3.79. The van der Waals surface area contributed by atoms with Crippen LogP contribution in [-0.4, -0.2) is 92.5 Å². The highest BCUT2D eigenvalue weighted by atomic mass is 16.7. The molecule has 278 valence electrons. The lowest BCUT2D eigenvalue weighted by atomic mass is 9.96. The number of nitrogens with one attached hydrogen (secondary N) is 3. The minimum absolute atomic E-state index is 0.0689. The van der Waals surface area contributed by atoms with Gasteiger partial charge in [0.25, 0.3) is 0 Å². The molecule has 1 aromatic carbocycles. The number of ether oxygens (including phenoxy) is 5. The molecule has 1 aromatic rings. The monoisotopic (exact) mass is 703 g/mol. The van der Waals surface area contributed by atoms with Crippen molar-refractivity contribution in [2.75, 3.05) is 32.1 Å². The Morgan fingerprint density at radius 1 is 0.820 bits per heavy atom. The Morgan fingerprint density at radius 3 is 1.80 bits per heavy atom. The maximum atomic E-state index is 13.8. The molecule has 1 aliphatic heterocycles. The van der Waals surface area contributed by atoms with E-state index in [4.69, 9.17) is 23.7 Å². The number of esters is 2. The molecule has 0 saturated carbocycles. The van der Waals surface area contributed by atoms with Crippen molar-refractivity contribution in [1.82, 2.24) is 10.6 Å². The van der Waals surface area contributed by atoms with Gasteiger partial charge in [-0.3, -0.25) is 24.5 Å². The number of carbonyl (C=O) groups excluding carboxylic acids is 5. The van der Waals surface area contributed by atoms with Crippen LogP contribution in [0.5, 0.6) is 0 Å². The Balaban J connectivity index is 2.46. The standard InChI is InChI=1S/C36H53N3O11/c1-6-10-19-37-28(41)21-24(15-8-3)33(43)48-31-30(50-36(45)39-26-17-13-12-14-18-26)27(23-40)47-35(46-5)32(31)49-34(44)25(16-9-4)22-29(42)38-20-11-7-2/h8-9,12-14,17-18,24-25,27,30-32,35,40H,3-4,6-7,10-11,15-16,19-23H2,1-2,5H3,(H,37,41)(H,38,42)(H,39,45)/t24-,25-,27+,30-,31-,32+,35-/m0/s1. The summed E-state index contributed by atoms with van der Waals surface area (Å²) in [4.78, 5) is 65.8. The fraction of sp³-hybridized carbons (Fsp3) is 0.583. The maximum Gasteiger partial charge on any atom is 0.412 e. The number of carbonyl (C=O) groups is 5. The third-order valence-corrected chi connectivity index (χ3v) is 7.91. The minimum atomic E-state index is -1.58. The highest BCUT2D eigenvalue weighted by Gasteiger charge is 2.53. The van der Waals surface area contributed by atoms with E-state index < -0.39 is 67.2 Å². The van der Waals surface area contributed by atoms with Gasteiger partial charge >= 0.3 is 18.0 Å². The van der Waals surface area contributed by atoms with Crippen molar-refractivity contribution in [3.8, 4) is 0 Å². The van der Waals surface area contributed by atoms with Crippen LogP contribution in [0, 0.1) is 11.8 Å². The number of methoxy groups -OCH3 is 1. The Bertz CT molecular complexity index is 1240. The van der Waals surface area contributed by atoms with Crippen LogP contribution in [0.2, 0.25) is 0 Å². The number of aliphatic hydroxyl groups excluding tert-OH is 1. The van der Waals surface area contributed by atoms with Gasteiger partial charge < -0.3 is 39.4 Å². The number of aliphatic hydroxyl groups is 1. The van der Waals surface area contributed by atoms with E-state index in [1.807, 2.05) is 13.8 Å². The van der Waals surface area contributed by atoms with Gasteiger partial charge in [-0.25, -0.2) is 4.79 Å². The third kappa shape index (κ3) is 13.9. The van der Waals surface area contributed by atoms with Gasteiger partial charge in [-0.2, -0.15) is 0 Å². The molecule has 1 aliphatic rings. The zero-order chi connectivity index (χ0) is 36.9. The molecule has 0 aliphatic carbocycles. The fourth-order valence-corrected chi connectivity index (χ4v) is 5.20. The van der Waals surface area contributed by atoms with Crippen molar-refractivity contribution < 1.29 is 52.8 Å². The summed E-state index contributed by atoms with van der Waals surface area (Å²) < 4.78 is 28.8. The lowest BCUT2D eigenvalue weighted by Crippen LogP contribution is -2.63. The predicted molar refractivity (Wildman–Crippen MR) is 185 cm³/mol. The van der Waals surface area contributed by atoms with Crippen LogP contribution < -0.4 is 16.0 Å². The van der Waals surface area contributed by atoms with Crippen molar-refractivity contribution in [3.63, 3.8) is 0 Å². The van der Waals surface area contributed by atoms with Crippen LogP contribution in [0.4, 0.5) is 10.5 Å². The van der Waals surface area contributed by atoms with Gasteiger partial charge in [-0.1, -0.05) is 57.0 Å². The Morgan fingerprint density at radius 2 is 1.34 bits per heavy atom. The van der Waals surface area contributed by atoms with E-state index in [0.717, 1.165) is 25.7 Å². The number of hydrogen-bond donors (Lipinski definition) is 4. The van der Waals surface area contributed by atoms with E-state index in [2.05, 4.69) is 29.1 Å². The number of anilines is 1. The number of amides is 3. The normalized spacial score (nSPS) is 21.1. The second-order valence-electron chi connectivity index (χ2n) is 11.9. The van der Waals surface area contributed by atoms with Crippen molar-refractivity contribution in [3.05, 3.63) is 55.6 Å². The number of rotatable bonds is 22. The van der Waals surface area contributed by atoms with Gasteiger partial charge in [-0.05, 0) is 37.8 Å². The van der Waals surface area contributed by atoms with Crippen molar-refractivity contribution in [2.45, 2.75) is 95.9 Å². The molecule has 0 radical (unpaired) electrons. The van der Waals surface area contributed by atoms with Gasteiger partial charge in [0.2, 0.25) is 11.8 Å². The second-order valence-corrected chi connectivity index (χ2v) is 11.9. The second kappa shape index (κ2) is 23.2. The molecule has 0 unspecified atom stereocenters. The largest absolute Gasteiger partial charge is 0.454 e. The van der Waals surface area contributed by atoms with E-state index in [0.29, 0.717) is 18.8 Å². The first-order chi connectivity index (χ1) is 24.1. The Kier molecular flexibility index (Phi) is 19.4. The van der Waals surface area contributed by atoms with Crippen LogP contribution in [0.3, 0.4) is 0 Å². The zero-order valence-corrected chi connectivity index (χ0v) is 29.3. The van der Waals surface area contributed by atoms with Gasteiger partial charge in [0.1, 0.15) is 6.10 Å². The van der Waals surface area contributed by atoms with Gasteiger partial charge in [0.15, 0.2) is 24.6 Å². The molecule has 0 aromatic heterocycles. The molecule has 0 spiro atoms. The number of unbranched alkanes of at least 4 members (excludes halogenated alkanes) is 2. The summed E-state index contributed by atoms with van der Waals surface area (Å²) in [5.41, 5.74) is 0.394. The summed E-state index contributed by atoms with van der Waals surface area (Å²) in [6.45, 7) is 11.5. The highest BCUT2D eigenvalue weighted by Crippen LogP contribution is 2.31. The lowest BCUT2D eigenvalue weighted by Gasteiger charge is -2.44. The van der Waals surface area contributed by atoms with Crippen molar-refractivity contribution in [1.29, 1.82) is 0 Å². The Hall–Kier alpha value is -4.27. The van der Waals surface area contributed by atoms with Crippen molar-refractivity contribution in [2.24, 2.45) is 11.8 Å². The molecule has 4 N–H and O–H groups in total. The first-order valence-corrected chi connectivity index (χ1v) is 17.1. The molecule has 1 heterocycles. The number of benzene rings is 1. The summed E-state index contributed by atoms with van der Waals surface area (Å²) >= 11 is 0. The molecule has 3 amide bonds. The third-order valence-electron chi connectivity index (χ3n) is 7.91. The molecular formula is C36H53N3O11. The first-order valence-electron chi connectivity index (χ1n) is 17.1. The first kappa shape index (κ1) is 41.9. The molecule has 1 fully saturated rings. The Labute approximate surface area is 294 Å². The van der Waals surface area contributed by atoms with E-state index in [1.54, 1.807) is 30.3 Å². The van der Waals surface area contributed by atoms with E-state index >= 15 is 0 Å². The van der Waals surface area contributed by atoms with E-state index in [1.165, 1.54) is 19.3 Å². The molecule has 14 heteroatoms. The minimum Gasteiger partial charge on any atom is -0.454 e. The fourth-order valence-electron chi connectivity index (χ4n) is 5.20. The average molecular weight is 704 g/mol. The van der Waals surface area contributed by atoms with Gasteiger partial charge in [0.05, 0.1) is 18.4 Å². The summed E-state index contributed by atoms with van der Waals surface area (Å²) in [6, 6.07) is 8.39. The topological polar surface area (TPSA) is 188 Å². The molecule has 7 atom stereocenters. The quantitative estimate of drug-likeness (QED) is 0.0596. The van der Waals surface area contributed by atoms with E-state index in [9.17, 15) is 29.1 Å². The molecule has 1 saturated heterocycles. The molecule has 14 nitrogen and oxygen atoms in total. The van der Waals surface area contributed by atoms with Gasteiger partial charge in [-0.15, -0.1) is 13.2 Å². The van der Waals surface area contributed by atoms with Crippen LogP contribution in [0.25, 0.3) is 0 Å². The van der Waals surface area contributed by atoms with Crippen LogP contribution in [0.15, 0.2) is 55.6 Å². The van der Waals surface area contributed by atoms with Crippen LogP contribution in [-0.2, 0) is 42.9 Å². The number of hydrogen-bond acceptors (Lipinski definition) is 11. The summed E-state index contributed by atoms with van der Waals surface area (Å²) in [7, 11) is 1.26. The maximum absolute atomic E-state index is 13.8. The van der Waals surface area contributed by atoms with Crippen LogP contribution in [0.1, 0.15) is 65.2 Å². The summed E-state index contributed by atoms with van der Waals surface area (Å²) in [5, 5.41) is 18.4. The van der Waals surface area contributed by atoms with Crippen LogP contribution >= 0.6 is 0 Å². The molecule has 0 bridgehead atoms. The van der Waals surface area contributed by atoms with Crippen molar-refractivity contribution >= 4 is 35.5 Å². The van der Waals surface area contributed by atoms with E-state index in [-0.39, 0.29) is 37.5 Å². The smallest absolute Gasteiger partial charge is 0.412 e. The molecule has 50 heavy (non-hydrogen) atoms. The molecule has 2 rings (SSSR count). The van der Waals surface area contributed by atoms with Gasteiger partial charge in [0, 0.05) is 38.7 Å². The SMILES string of the molecule is C=CC[C@@H](CC(=O)NCCCC)C(=O)O[C@H]1[C@@H](OC(=O)Nc2ccccc2)[C@@H](CO)O[C@H](OC)[C@@H]1OC(=O)[C@@H](CC=C)CC(=O)NCCCC. The average Bonchev–Trinajstić information content (AvgIpc) is 3.09. The lowest BCUT2D eigenvalue weighted by molar-refractivity contribution is -0.300. The number of para-hydroxylation sites is 1. The highest BCUT2D eigenvalue weighted by molar-refractivity contribution is 5.85.